The molecule has 1 rings (SSSR count). The van der Waals surface area contributed by atoms with Gasteiger partial charge in [-0.3, -0.25) is 4.79 Å². The predicted molar refractivity (Wildman–Crippen MR) is 61.4 cm³/mol. The minimum atomic E-state index is 0.220. The normalized spacial score (nSPS) is 26.8. The van der Waals surface area contributed by atoms with Crippen LogP contribution in [0.4, 0.5) is 0 Å². The van der Waals surface area contributed by atoms with Crippen molar-refractivity contribution in [3.05, 3.63) is 0 Å². The molecular formula is C9H16BrNOS. The average Bonchev–Trinajstić information content (AvgIpc) is 2.55. The Bertz CT molecular complexity index is 180. The van der Waals surface area contributed by atoms with Gasteiger partial charge in [0.05, 0.1) is 0 Å². The van der Waals surface area contributed by atoms with Crippen molar-refractivity contribution in [1.29, 1.82) is 0 Å². The summed E-state index contributed by atoms with van der Waals surface area (Å²) in [5.41, 5.74) is 0. The summed E-state index contributed by atoms with van der Waals surface area (Å²) in [5.74, 6) is 2.61. The minimum absolute atomic E-state index is 0.220. The standard InChI is InChI=1S/C9H16BrNOS/c1-6(10)7(2)11-9(12)8-3-4-13-5-8/h6-8H,3-5H2,1-2H3,(H,11,12). The third-order valence-electron chi connectivity index (χ3n) is 2.36. The number of hydrogen-bond donors (Lipinski definition) is 1. The molecule has 1 heterocycles. The second-order valence-electron chi connectivity index (χ2n) is 3.54. The number of rotatable bonds is 3. The molecule has 1 N–H and O–H groups in total. The lowest BCUT2D eigenvalue weighted by Gasteiger charge is -2.18. The molecule has 4 heteroatoms. The Labute approximate surface area is 92.4 Å². The lowest BCUT2D eigenvalue weighted by atomic mass is 10.1. The summed E-state index contributed by atoms with van der Waals surface area (Å²) in [7, 11) is 0. The van der Waals surface area contributed by atoms with Gasteiger partial charge in [-0.1, -0.05) is 22.9 Å². The molecule has 0 saturated carbocycles. The van der Waals surface area contributed by atoms with Crippen LogP contribution in [0.1, 0.15) is 20.3 Å². The topological polar surface area (TPSA) is 29.1 Å². The quantitative estimate of drug-likeness (QED) is 0.792. The highest BCUT2D eigenvalue weighted by Gasteiger charge is 2.24. The average molecular weight is 266 g/mol. The van der Waals surface area contributed by atoms with Crippen molar-refractivity contribution >= 4 is 33.6 Å². The van der Waals surface area contributed by atoms with Crippen molar-refractivity contribution < 1.29 is 4.79 Å². The maximum atomic E-state index is 11.6. The zero-order valence-corrected chi connectivity index (χ0v) is 10.5. The Morgan fingerprint density at radius 3 is 2.77 bits per heavy atom. The molecule has 0 aromatic carbocycles. The fraction of sp³-hybridized carbons (Fsp3) is 0.889. The third-order valence-corrected chi connectivity index (χ3v) is 4.31. The molecule has 0 aromatic rings. The molecule has 1 aliphatic heterocycles. The number of thioether (sulfide) groups is 1. The number of hydrogen-bond acceptors (Lipinski definition) is 2. The molecule has 2 nitrogen and oxygen atoms in total. The van der Waals surface area contributed by atoms with Gasteiger partial charge in [0.2, 0.25) is 5.91 Å². The first-order chi connectivity index (χ1) is 6.11. The van der Waals surface area contributed by atoms with Gasteiger partial charge in [0.25, 0.3) is 0 Å². The van der Waals surface area contributed by atoms with Crippen molar-refractivity contribution in [1.82, 2.24) is 5.32 Å². The van der Waals surface area contributed by atoms with E-state index in [-0.39, 0.29) is 17.9 Å². The maximum absolute atomic E-state index is 11.6. The molecule has 13 heavy (non-hydrogen) atoms. The van der Waals surface area contributed by atoms with E-state index in [0.717, 1.165) is 17.9 Å². The van der Waals surface area contributed by atoms with Gasteiger partial charge in [-0.2, -0.15) is 11.8 Å². The third kappa shape index (κ3) is 3.50. The van der Waals surface area contributed by atoms with Crippen LogP contribution in [-0.2, 0) is 4.79 Å². The molecule has 0 radical (unpaired) electrons. The smallest absolute Gasteiger partial charge is 0.224 e. The second kappa shape index (κ2) is 5.25. The fourth-order valence-corrected chi connectivity index (χ4v) is 2.55. The summed E-state index contributed by atoms with van der Waals surface area (Å²) in [6.07, 6.45) is 1.04. The minimum Gasteiger partial charge on any atom is -0.352 e. The first-order valence-corrected chi connectivity index (χ1v) is 6.70. The zero-order chi connectivity index (χ0) is 9.84. The number of carbonyl (C=O) groups excluding carboxylic acids is 1. The van der Waals surface area contributed by atoms with Crippen LogP contribution < -0.4 is 5.32 Å². The SMILES string of the molecule is CC(Br)C(C)NC(=O)C1CCSC1. The number of amides is 1. The Morgan fingerprint density at radius 1 is 1.62 bits per heavy atom. The van der Waals surface area contributed by atoms with Gasteiger partial charge < -0.3 is 5.32 Å². The van der Waals surface area contributed by atoms with Gasteiger partial charge in [-0.15, -0.1) is 0 Å². The van der Waals surface area contributed by atoms with Crippen molar-refractivity contribution in [2.75, 3.05) is 11.5 Å². The largest absolute Gasteiger partial charge is 0.352 e. The van der Waals surface area contributed by atoms with Gasteiger partial charge in [-0.05, 0) is 19.1 Å². The van der Waals surface area contributed by atoms with Crippen LogP contribution in [0.15, 0.2) is 0 Å². The van der Waals surface area contributed by atoms with Crippen LogP contribution in [0.25, 0.3) is 0 Å². The first-order valence-electron chi connectivity index (χ1n) is 4.63. The van der Waals surface area contributed by atoms with E-state index in [1.165, 1.54) is 0 Å². The second-order valence-corrected chi connectivity index (χ2v) is 6.13. The summed E-state index contributed by atoms with van der Waals surface area (Å²) in [4.78, 5) is 12.0. The number of nitrogens with one attached hydrogen (secondary N) is 1. The molecule has 0 spiro atoms. The monoisotopic (exact) mass is 265 g/mol. The van der Waals surface area contributed by atoms with Crippen molar-refractivity contribution in [2.45, 2.75) is 31.1 Å². The molecule has 76 valence electrons. The molecule has 1 aliphatic rings. The zero-order valence-electron chi connectivity index (χ0n) is 8.05. The number of halogens is 1. The summed E-state index contributed by atoms with van der Waals surface area (Å²) in [5, 5.41) is 3.02. The molecule has 0 bridgehead atoms. The molecule has 1 amide bonds. The van der Waals surface area contributed by atoms with Crippen molar-refractivity contribution in [3.63, 3.8) is 0 Å². The maximum Gasteiger partial charge on any atom is 0.224 e. The van der Waals surface area contributed by atoms with E-state index in [1.807, 2.05) is 25.6 Å². The lowest BCUT2D eigenvalue weighted by molar-refractivity contribution is -0.124. The van der Waals surface area contributed by atoms with Crippen molar-refractivity contribution in [3.8, 4) is 0 Å². The summed E-state index contributed by atoms with van der Waals surface area (Å²) in [6.45, 7) is 4.08. The molecule has 1 fully saturated rings. The van der Waals surface area contributed by atoms with Crippen LogP contribution in [0.2, 0.25) is 0 Å². The van der Waals surface area contributed by atoms with Crippen LogP contribution in [0.5, 0.6) is 0 Å². The van der Waals surface area contributed by atoms with E-state index in [1.54, 1.807) is 0 Å². The van der Waals surface area contributed by atoms with E-state index in [2.05, 4.69) is 21.2 Å². The van der Waals surface area contributed by atoms with Crippen molar-refractivity contribution in [2.24, 2.45) is 5.92 Å². The summed E-state index contributed by atoms with van der Waals surface area (Å²) < 4.78 is 0. The van der Waals surface area contributed by atoms with Crippen LogP contribution >= 0.6 is 27.7 Å². The molecule has 0 aromatic heterocycles. The highest BCUT2D eigenvalue weighted by Crippen LogP contribution is 2.23. The predicted octanol–water partition coefficient (Wildman–Crippen LogP) is 2.03. The van der Waals surface area contributed by atoms with E-state index in [4.69, 9.17) is 0 Å². The number of carbonyl (C=O) groups is 1. The van der Waals surface area contributed by atoms with Crippen LogP contribution in [0, 0.1) is 5.92 Å². The van der Waals surface area contributed by atoms with E-state index in [9.17, 15) is 4.79 Å². The van der Waals surface area contributed by atoms with Gasteiger partial charge in [0, 0.05) is 22.5 Å². The van der Waals surface area contributed by atoms with Gasteiger partial charge in [0.1, 0.15) is 0 Å². The molecule has 3 atom stereocenters. The van der Waals surface area contributed by atoms with Gasteiger partial charge in [-0.25, -0.2) is 0 Å². The Hall–Kier alpha value is 0.300. The molecule has 3 unspecified atom stereocenters. The van der Waals surface area contributed by atoms with Gasteiger partial charge >= 0.3 is 0 Å². The Morgan fingerprint density at radius 2 is 2.31 bits per heavy atom. The Kier molecular flexibility index (Phi) is 4.59. The fourth-order valence-electron chi connectivity index (χ4n) is 1.20. The highest BCUT2D eigenvalue weighted by molar-refractivity contribution is 9.09. The summed E-state index contributed by atoms with van der Waals surface area (Å²) >= 11 is 5.33. The molecular weight excluding hydrogens is 250 g/mol. The Balaban J connectivity index is 2.31. The van der Waals surface area contributed by atoms with Gasteiger partial charge in [0.15, 0.2) is 0 Å². The number of alkyl halides is 1. The molecule has 1 saturated heterocycles. The van der Waals surface area contributed by atoms with Crippen LogP contribution in [-0.4, -0.2) is 28.3 Å². The van der Waals surface area contributed by atoms with E-state index < -0.39 is 0 Å². The lowest BCUT2D eigenvalue weighted by Crippen LogP contribution is -2.41. The van der Waals surface area contributed by atoms with E-state index in [0.29, 0.717) is 4.83 Å². The van der Waals surface area contributed by atoms with E-state index >= 15 is 0 Å². The highest BCUT2D eigenvalue weighted by atomic mass is 79.9. The summed E-state index contributed by atoms with van der Waals surface area (Å²) in [6, 6.07) is 0.220. The first kappa shape index (κ1) is 11.4. The van der Waals surface area contributed by atoms with Crippen LogP contribution in [0.3, 0.4) is 0 Å². The molecule has 0 aliphatic carbocycles.